The molecule has 3 heteroatoms. The highest BCUT2D eigenvalue weighted by molar-refractivity contribution is 7.58. The van der Waals surface area contributed by atoms with Crippen molar-refractivity contribution in [2.24, 2.45) is 5.41 Å². The molecule has 1 unspecified atom stereocenters. The van der Waals surface area contributed by atoms with Gasteiger partial charge in [-0.15, -0.1) is 0 Å². The van der Waals surface area contributed by atoms with Crippen molar-refractivity contribution in [2.45, 2.75) is 20.8 Å². The molecule has 0 aliphatic rings. The molecule has 0 fully saturated rings. The molecule has 1 aromatic rings. The fraction of sp³-hybridized carbons (Fsp3) is 0.455. The third-order valence-electron chi connectivity index (χ3n) is 1.68. The van der Waals surface area contributed by atoms with Gasteiger partial charge in [0.2, 0.25) is 0 Å². The number of pyridine rings is 1. The maximum absolute atomic E-state index is 11.6. The summed E-state index contributed by atoms with van der Waals surface area (Å²) in [5.74, 6) is 0. The highest BCUT2D eigenvalue weighted by Gasteiger charge is 2.14. The van der Waals surface area contributed by atoms with Gasteiger partial charge < -0.3 is 0 Å². The number of carbonyl (C=O) groups excluding carboxylic acids is 1. The van der Waals surface area contributed by atoms with E-state index in [0.29, 0.717) is 14.3 Å². The Bertz CT molecular complexity index is 303. The van der Waals surface area contributed by atoms with E-state index in [1.807, 2.05) is 12.1 Å². The zero-order valence-corrected chi connectivity index (χ0v) is 9.87. The van der Waals surface area contributed by atoms with Gasteiger partial charge in [-0.1, -0.05) is 26.8 Å². The van der Waals surface area contributed by atoms with Gasteiger partial charge in [-0.25, -0.2) is 0 Å². The predicted molar refractivity (Wildman–Crippen MR) is 61.2 cm³/mol. The molecule has 1 heterocycles. The van der Waals surface area contributed by atoms with Gasteiger partial charge in [-0.3, -0.25) is 9.78 Å². The van der Waals surface area contributed by atoms with E-state index in [0.717, 1.165) is 6.16 Å². The van der Waals surface area contributed by atoms with Gasteiger partial charge in [0.1, 0.15) is 5.69 Å². The van der Waals surface area contributed by atoms with Crippen molar-refractivity contribution in [2.75, 3.05) is 6.16 Å². The monoisotopic (exact) mass is 209 g/mol. The molecule has 14 heavy (non-hydrogen) atoms. The Kier molecular flexibility index (Phi) is 3.77. The second-order valence-corrected chi connectivity index (χ2v) is 5.62. The third kappa shape index (κ3) is 3.97. The molecular formula is C11H16NOP. The van der Waals surface area contributed by atoms with Crippen molar-refractivity contribution in [1.82, 2.24) is 4.98 Å². The van der Waals surface area contributed by atoms with Crippen molar-refractivity contribution in [3.8, 4) is 0 Å². The molecule has 76 valence electrons. The minimum Gasteiger partial charge on any atom is -0.288 e. The van der Waals surface area contributed by atoms with E-state index in [9.17, 15) is 4.79 Å². The van der Waals surface area contributed by atoms with E-state index in [-0.39, 0.29) is 10.9 Å². The van der Waals surface area contributed by atoms with Crippen LogP contribution in [0.4, 0.5) is 0 Å². The minimum atomic E-state index is 0.167. The summed E-state index contributed by atoms with van der Waals surface area (Å²) in [7, 11) is 0.333. The molecule has 0 aliphatic carbocycles. The Morgan fingerprint density at radius 1 is 1.43 bits per heavy atom. The molecule has 0 saturated carbocycles. The second-order valence-electron chi connectivity index (χ2n) is 4.46. The van der Waals surface area contributed by atoms with Crippen LogP contribution in [0.2, 0.25) is 0 Å². The maximum Gasteiger partial charge on any atom is 0.199 e. The zero-order chi connectivity index (χ0) is 10.6. The highest BCUT2D eigenvalue weighted by Crippen LogP contribution is 2.27. The van der Waals surface area contributed by atoms with Crippen LogP contribution >= 0.6 is 8.58 Å². The molecule has 1 rings (SSSR count). The van der Waals surface area contributed by atoms with Crippen LogP contribution in [0.1, 0.15) is 31.3 Å². The van der Waals surface area contributed by atoms with E-state index in [2.05, 4.69) is 25.8 Å². The summed E-state index contributed by atoms with van der Waals surface area (Å²) in [4.78, 5) is 15.7. The fourth-order valence-electron chi connectivity index (χ4n) is 0.933. The first kappa shape index (κ1) is 11.3. The summed E-state index contributed by atoms with van der Waals surface area (Å²) in [5, 5.41) is 0. The van der Waals surface area contributed by atoms with Gasteiger partial charge in [-0.2, -0.15) is 0 Å². The molecule has 0 saturated heterocycles. The zero-order valence-electron chi connectivity index (χ0n) is 8.87. The van der Waals surface area contributed by atoms with E-state index in [1.165, 1.54) is 0 Å². The Labute approximate surface area is 86.9 Å². The van der Waals surface area contributed by atoms with Crippen LogP contribution in [0.3, 0.4) is 0 Å². The SMILES string of the molecule is CC(C)(C)CPC(=O)c1ccccn1. The summed E-state index contributed by atoms with van der Waals surface area (Å²) >= 11 is 0. The van der Waals surface area contributed by atoms with Crippen LogP contribution in [0.15, 0.2) is 24.4 Å². The first-order chi connectivity index (χ1) is 6.49. The lowest BCUT2D eigenvalue weighted by molar-refractivity contribution is 0.108. The number of hydrogen-bond donors (Lipinski definition) is 0. The predicted octanol–water partition coefficient (Wildman–Crippen LogP) is 2.95. The van der Waals surface area contributed by atoms with Gasteiger partial charge in [0.05, 0.1) is 0 Å². The van der Waals surface area contributed by atoms with Crippen molar-refractivity contribution in [1.29, 1.82) is 0 Å². The normalized spacial score (nSPS) is 12.2. The van der Waals surface area contributed by atoms with Crippen LogP contribution in [0, 0.1) is 5.41 Å². The van der Waals surface area contributed by atoms with Crippen molar-refractivity contribution >= 4 is 14.1 Å². The number of hydrogen-bond acceptors (Lipinski definition) is 2. The first-order valence-corrected chi connectivity index (χ1v) is 5.89. The molecule has 0 spiro atoms. The Morgan fingerprint density at radius 2 is 2.14 bits per heavy atom. The Hall–Kier alpha value is -0.750. The molecule has 0 bridgehead atoms. The summed E-state index contributed by atoms with van der Waals surface area (Å²) in [6.45, 7) is 6.43. The van der Waals surface area contributed by atoms with Gasteiger partial charge in [0.15, 0.2) is 5.52 Å². The Morgan fingerprint density at radius 3 is 2.64 bits per heavy atom. The third-order valence-corrected chi connectivity index (χ3v) is 3.49. The molecule has 1 aromatic heterocycles. The largest absolute Gasteiger partial charge is 0.288 e. The summed E-state index contributed by atoms with van der Waals surface area (Å²) < 4.78 is 0. The number of nitrogens with zero attached hydrogens (tertiary/aromatic N) is 1. The molecular weight excluding hydrogens is 193 g/mol. The first-order valence-electron chi connectivity index (χ1n) is 4.68. The average molecular weight is 209 g/mol. The molecule has 0 N–H and O–H groups in total. The molecule has 0 amide bonds. The van der Waals surface area contributed by atoms with Gasteiger partial charge >= 0.3 is 0 Å². The number of rotatable bonds is 3. The van der Waals surface area contributed by atoms with Crippen molar-refractivity contribution < 1.29 is 4.79 Å². The Balaban J connectivity index is 2.52. The quantitative estimate of drug-likeness (QED) is 0.716. The highest BCUT2D eigenvalue weighted by atomic mass is 31.1. The van der Waals surface area contributed by atoms with E-state index >= 15 is 0 Å². The van der Waals surface area contributed by atoms with Gasteiger partial charge in [-0.05, 0) is 32.3 Å². The fourth-order valence-corrected chi connectivity index (χ4v) is 1.95. The second kappa shape index (κ2) is 4.65. The number of carbonyl (C=O) groups is 1. The lowest BCUT2D eigenvalue weighted by Gasteiger charge is -2.16. The standard InChI is InChI=1S/C11H16NOP/c1-11(2,3)8-14-10(13)9-6-4-5-7-12-9/h4-7,14H,8H2,1-3H3. The molecule has 0 aromatic carbocycles. The van der Waals surface area contributed by atoms with Crippen LogP contribution in [0.5, 0.6) is 0 Å². The number of aromatic nitrogens is 1. The van der Waals surface area contributed by atoms with E-state index in [4.69, 9.17) is 0 Å². The molecule has 0 aliphatic heterocycles. The van der Waals surface area contributed by atoms with E-state index in [1.54, 1.807) is 12.3 Å². The van der Waals surface area contributed by atoms with Crippen LogP contribution in [-0.2, 0) is 0 Å². The van der Waals surface area contributed by atoms with Gasteiger partial charge in [0.25, 0.3) is 0 Å². The topological polar surface area (TPSA) is 30.0 Å². The van der Waals surface area contributed by atoms with Crippen LogP contribution in [0.25, 0.3) is 0 Å². The van der Waals surface area contributed by atoms with Crippen molar-refractivity contribution in [3.63, 3.8) is 0 Å². The molecule has 2 nitrogen and oxygen atoms in total. The van der Waals surface area contributed by atoms with Crippen LogP contribution < -0.4 is 0 Å². The summed E-state index contributed by atoms with van der Waals surface area (Å²) in [6, 6.07) is 5.45. The minimum absolute atomic E-state index is 0.167. The molecule has 0 radical (unpaired) electrons. The van der Waals surface area contributed by atoms with E-state index < -0.39 is 0 Å². The van der Waals surface area contributed by atoms with Crippen molar-refractivity contribution in [3.05, 3.63) is 30.1 Å². The maximum atomic E-state index is 11.6. The average Bonchev–Trinajstić information content (AvgIpc) is 2.14. The molecule has 1 atom stereocenters. The van der Waals surface area contributed by atoms with Crippen LogP contribution in [-0.4, -0.2) is 16.7 Å². The smallest absolute Gasteiger partial charge is 0.199 e. The summed E-state index contributed by atoms with van der Waals surface area (Å²) in [5.41, 5.74) is 0.985. The van der Waals surface area contributed by atoms with Gasteiger partial charge in [0, 0.05) is 6.20 Å². The lowest BCUT2D eigenvalue weighted by atomic mass is 10.0. The lowest BCUT2D eigenvalue weighted by Crippen LogP contribution is -2.09. The summed E-state index contributed by atoms with van der Waals surface area (Å²) in [6.07, 6.45) is 2.59.